The van der Waals surface area contributed by atoms with Gasteiger partial charge in [-0.3, -0.25) is 0 Å². The van der Waals surface area contributed by atoms with E-state index >= 15 is 0 Å². The van der Waals surface area contributed by atoms with Crippen molar-refractivity contribution in [3.8, 4) is 0 Å². The fourth-order valence-electron chi connectivity index (χ4n) is 0. The smallest absolute Gasteiger partial charge is 0.0121 e. The predicted octanol–water partition coefficient (Wildman–Crippen LogP) is 2.96. The van der Waals surface area contributed by atoms with Crippen molar-refractivity contribution in [2.75, 3.05) is 4.93 Å². The number of hydrogen-bond donors (Lipinski definition) is 0. The Bertz CT molecular complexity index is 3.61. The van der Waals surface area contributed by atoms with Crippen LogP contribution in [0.1, 0.15) is 22.3 Å². The van der Waals surface area contributed by atoms with E-state index in [-0.39, 0.29) is 22.3 Å². The maximum atomic E-state index is 2.15. The maximum absolute atomic E-state index is 2.15. The van der Waals surface area contributed by atoms with E-state index < -0.39 is 0 Å². The van der Waals surface area contributed by atoms with E-state index in [0.717, 1.165) is 0 Å². The Kier molecular flexibility index (Phi) is 1060. The van der Waals surface area contributed by atoms with E-state index in [1.807, 2.05) is 4.93 Å². The second kappa shape index (κ2) is 123. The van der Waals surface area contributed by atoms with E-state index in [1.165, 1.54) is 0 Å². The topological polar surface area (TPSA) is 0 Å². The lowest BCUT2D eigenvalue weighted by Crippen LogP contribution is -0.798. The van der Waals surface area contributed by atoms with E-state index in [0.29, 0.717) is 0 Å². The molecule has 0 amide bonds. The largest absolute Gasteiger partial charge is 0.0901 e. The fourth-order valence-corrected chi connectivity index (χ4v) is 0. The van der Waals surface area contributed by atoms with Gasteiger partial charge in [-0.25, -0.2) is 0 Å². The first-order chi connectivity index (χ1) is 1.00. The van der Waals surface area contributed by atoms with Crippen molar-refractivity contribution in [2.24, 2.45) is 0 Å². The van der Waals surface area contributed by atoms with E-state index in [9.17, 15) is 0 Å². The van der Waals surface area contributed by atoms with Crippen LogP contribution < -0.4 is 0 Å². The molecular formula is C4H15I. The molecule has 0 aromatic heterocycles. The number of hydrogen-bond acceptors (Lipinski definition) is 0. The third-order valence-electron chi connectivity index (χ3n) is 0. The van der Waals surface area contributed by atoms with Crippen molar-refractivity contribution in [3.63, 3.8) is 0 Å². The molecule has 5 heavy (non-hydrogen) atoms. The lowest BCUT2D eigenvalue weighted by atomic mass is 12.0. The molecule has 0 bridgehead atoms. The second-order valence-electron chi connectivity index (χ2n) is 0. The molecule has 0 saturated carbocycles. The molecule has 0 saturated heterocycles. The molecule has 0 aliphatic heterocycles. The van der Waals surface area contributed by atoms with E-state index in [2.05, 4.69) is 22.6 Å². The molecular weight excluding hydrogens is 175 g/mol. The summed E-state index contributed by atoms with van der Waals surface area (Å²) in [7, 11) is 0. The van der Waals surface area contributed by atoms with Crippen LogP contribution >= 0.6 is 22.6 Å². The Balaban J connectivity index is -0.00000000167. The highest BCUT2D eigenvalue weighted by molar-refractivity contribution is 14.1. The number of alkyl halides is 1. The molecule has 0 aliphatic carbocycles. The molecule has 0 unspecified atom stereocenters. The third-order valence-corrected chi connectivity index (χ3v) is 0. The molecule has 0 aromatic rings. The summed E-state index contributed by atoms with van der Waals surface area (Å²) < 4.78 is 0. The highest BCUT2D eigenvalue weighted by Crippen LogP contribution is 1.48. The molecule has 0 heterocycles. The van der Waals surface area contributed by atoms with Gasteiger partial charge in [0.2, 0.25) is 0 Å². The summed E-state index contributed by atoms with van der Waals surface area (Å²) in [6.07, 6.45) is 0. The summed E-state index contributed by atoms with van der Waals surface area (Å²) in [4.78, 5) is 1.97. The van der Waals surface area contributed by atoms with Crippen LogP contribution in [-0.2, 0) is 0 Å². The third kappa shape index (κ3) is 66.2. The normalized spacial score (nSPS) is 1.20. The summed E-state index contributed by atoms with van der Waals surface area (Å²) >= 11 is 2.15. The van der Waals surface area contributed by atoms with Crippen molar-refractivity contribution in [1.82, 2.24) is 0 Å². The summed E-state index contributed by atoms with van der Waals surface area (Å²) in [6.45, 7) is 0. The fraction of sp³-hybridized carbons (Fsp3) is 1.00. The number of rotatable bonds is 0. The van der Waals surface area contributed by atoms with Gasteiger partial charge in [-0.1, -0.05) is 44.9 Å². The average Bonchev–Trinajstić information content (AvgIpc) is 1.00. The van der Waals surface area contributed by atoms with Gasteiger partial charge in [-0.05, 0) is 4.93 Å². The molecule has 38 valence electrons. The van der Waals surface area contributed by atoms with Gasteiger partial charge in [-0.15, -0.1) is 0 Å². The number of halogens is 1. The Morgan fingerprint density at radius 1 is 0.800 bits per heavy atom. The second-order valence-corrected chi connectivity index (χ2v) is 0. The zero-order valence-corrected chi connectivity index (χ0v) is 3.54. The summed E-state index contributed by atoms with van der Waals surface area (Å²) in [5, 5.41) is 0. The zero-order valence-electron chi connectivity index (χ0n) is 1.38. The lowest BCUT2D eigenvalue weighted by molar-refractivity contribution is 2.50. The van der Waals surface area contributed by atoms with Crippen molar-refractivity contribution < 1.29 is 0 Å². The standard InChI is InChI=1S/CH3I.3CH4/c1-2;;;/h1H3;3*1H4. The molecule has 0 radical (unpaired) electrons. The summed E-state index contributed by atoms with van der Waals surface area (Å²) in [5.41, 5.74) is 0. The minimum atomic E-state index is 0. The van der Waals surface area contributed by atoms with Crippen molar-refractivity contribution in [2.45, 2.75) is 22.3 Å². The Labute approximate surface area is 50.1 Å². The summed E-state index contributed by atoms with van der Waals surface area (Å²) in [6, 6.07) is 0. The van der Waals surface area contributed by atoms with Crippen LogP contribution in [0.4, 0.5) is 0 Å². The molecule has 0 spiro atoms. The lowest BCUT2D eigenvalue weighted by Gasteiger charge is -1.05. The van der Waals surface area contributed by atoms with Crippen molar-refractivity contribution in [3.05, 3.63) is 0 Å². The van der Waals surface area contributed by atoms with Gasteiger partial charge in [0.15, 0.2) is 0 Å². The monoisotopic (exact) mass is 190 g/mol. The molecule has 0 nitrogen and oxygen atoms in total. The van der Waals surface area contributed by atoms with Gasteiger partial charge in [0.05, 0.1) is 0 Å². The average molecular weight is 190 g/mol. The zero-order chi connectivity index (χ0) is 2.00. The van der Waals surface area contributed by atoms with Crippen LogP contribution in [0.2, 0.25) is 0 Å². The van der Waals surface area contributed by atoms with Crippen LogP contribution in [-0.4, -0.2) is 4.93 Å². The van der Waals surface area contributed by atoms with Gasteiger partial charge in [0.25, 0.3) is 0 Å². The molecule has 0 aliphatic rings. The van der Waals surface area contributed by atoms with E-state index in [4.69, 9.17) is 0 Å². The van der Waals surface area contributed by atoms with Crippen LogP contribution in [0, 0.1) is 0 Å². The molecule has 0 rings (SSSR count). The molecule has 0 N–H and O–H groups in total. The summed E-state index contributed by atoms with van der Waals surface area (Å²) in [5.74, 6) is 0. The highest BCUT2D eigenvalue weighted by atomic mass is 127. The Hall–Kier alpha value is 0.730. The quantitative estimate of drug-likeness (QED) is 0.407. The van der Waals surface area contributed by atoms with Crippen molar-refractivity contribution >= 4 is 22.6 Å². The van der Waals surface area contributed by atoms with Gasteiger partial charge < -0.3 is 0 Å². The van der Waals surface area contributed by atoms with Crippen LogP contribution in [0.25, 0.3) is 0 Å². The van der Waals surface area contributed by atoms with Gasteiger partial charge in [0, 0.05) is 0 Å². The Morgan fingerprint density at radius 2 is 0.800 bits per heavy atom. The van der Waals surface area contributed by atoms with Gasteiger partial charge in [0.1, 0.15) is 0 Å². The maximum Gasteiger partial charge on any atom is -0.0121 e. The molecule has 0 aromatic carbocycles. The van der Waals surface area contributed by atoms with Gasteiger partial charge in [-0.2, -0.15) is 0 Å². The Morgan fingerprint density at radius 3 is 0.800 bits per heavy atom. The van der Waals surface area contributed by atoms with Crippen molar-refractivity contribution in [1.29, 1.82) is 0 Å². The minimum Gasteiger partial charge on any atom is -0.0901 e. The van der Waals surface area contributed by atoms with Crippen LogP contribution in [0.5, 0.6) is 0 Å². The first kappa shape index (κ1) is 42.8. The molecule has 0 atom stereocenters. The highest BCUT2D eigenvalue weighted by Gasteiger charge is 0.950. The van der Waals surface area contributed by atoms with Gasteiger partial charge >= 0.3 is 0 Å². The first-order valence-corrected chi connectivity index (χ1v) is 2.54. The molecule has 1 heteroatoms. The SMILES string of the molecule is C.C.C.CI. The molecule has 0 fully saturated rings. The first-order valence-electron chi connectivity index (χ1n) is 0.378. The van der Waals surface area contributed by atoms with Crippen LogP contribution in [0.3, 0.4) is 0 Å². The van der Waals surface area contributed by atoms with Crippen LogP contribution in [0.15, 0.2) is 0 Å². The minimum absolute atomic E-state index is 0. The predicted molar refractivity (Wildman–Crippen MR) is 40.1 cm³/mol. The van der Waals surface area contributed by atoms with E-state index in [1.54, 1.807) is 0 Å².